The van der Waals surface area contributed by atoms with Crippen LogP contribution < -0.4 is 5.56 Å². The van der Waals surface area contributed by atoms with Crippen molar-refractivity contribution >= 4 is 22.2 Å². The lowest BCUT2D eigenvalue weighted by Gasteiger charge is -2.31. The molecule has 0 radical (unpaired) electrons. The predicted octanol–water partition coefficient (Wildman–Crippen LogP) is 2.16. The molecule has 1 saturated carbocycles. The van der Waals surface area contributed by atoms with Crippen LogP contribution in [0.5, 0.6) is 0 Å². The smallest absolute Gasteiger partial charge is 0.271 e. The summed E-state index contributed by atoms with van der Waals surface area (Å²) in [6, 6.07) is 0.249. The molecule has 2 aromatic rings. The molecule has 0 spiro atoms. The van der Waals surface area contributed by atoms with Gasteiger partial charge in [-0.3, -0.25) is 14.0 Å². The van der Waals surface area contributed by atoms with Gasteiger partial charge in [0.2, 0.25) is 0 Å². The molecule has 5 nitrogen and oxygen atoms in total. The van der Waals surface area contributed by atoms with E-state index in [4.69, 9.17) is 0 Å². The van der Waals surface area contributed by atoms with Crippen LogP contribution in [0.4, 0.5) is 0 Å². The van der Waals surface area contributed by atoms with Gasteiger partial charge in [-0.05, 0) is 12.8 Å². The SMILES string of the molecule is CN(C(=O)c1cnc2sccn2c1=O)C1CCCCC1. The van der Waals surface area contributed by atoms with Gasteiger partial charge in [0, 0.05) is 30.9 Å². The van der Waals surface area contributed by atoms with Crippen LogP contribution >= 0.6 is 11.3 Å². The van der Waals surface area contributed by atoms with E-state index in [1.54, 1.807) is 23.5 Å². The zero-order valence-corrected chi connectivity index (χ0v) is 12.2. The highest BCUT2D eigenvalue weighted by molar-refractivity contribution is 7.15. The summed E-state index contributed by atoms with van der Waals surface area (Å²) in [6.07, 6.45) is 8.67. The Balaban J connectivity index is 1.91. The summed E-state index contributed by atoms with van der Waals surface area (Å²) in [4.78, 5) is 31.3. The number of hydrogen-bond donors (Lipinski definition) is 0. The molecule has 1 fully saturated rings. The van der Waals surface area contributed by atoms with E-state index in [0.29, 0.717) is 4.96 Å². The third-order valence-corrected chi connectivity index (χ3v) is 4.79. The number of fused-ring (bicyclic) bond motifs is 1. The largest absolute Gasteiger partial charge is 0.339 e. The van der Waals surface area contributed by atoms with E-state index >= 15 is 0 Å². The first-order chi connectivity index (χ1) is 9.68. The van der Waals surface area contributed by atoms with Gasteiger partial charge in [0.25, 0.3) is 11.5 Å². The molecule has 1 aliphatic rings. The van der Waals surface area contributed by atoms with Crippen molar-refractivity contribution in [1.29, 1.82) is 0 Å². The van der Waals surface area contributed by atoms with Crippen LogP contribution in [0.1, 0.15) is 42.5 Å². The number of carbonyl (C=O) groups is 1. The van der Waals surface area contributed by atoms with Crippen LogP contribution in [0.25, 0.3) is 4.96 Å². The number of hydrogen-bond acceptors (Lipinski definition) is 4. The van der Waals surface area contributed by atoms with Crippen LogP contribution in [0.3, 0.4) is 0 Å². The summed E-state index contributed by atoms with van der Waals surface area (Å²) in [5, 5.41) is 1.79. The monoisotopic (exact) mass is 291 g/mol. The third kappa shape index (κ3) is 2.24. The van der Waals surface area contributed by atoms with E-state index < -0.39 is 0 Å². The Hall–Kier alpha value is -1.69. The maximum Gasteiger partial charge on any atom is 0.271 e. The van der Waals surface area contributed by atoms with E-state index in [1.807, 2.05) is 0 Å². The summed E-state index contributed by atoms with van der Waals surface area (Å²) >= 11 is 1.39. The van der Waals surface area contributed by atoms with Crippen molar-refractivity contribution in [2.24, 2.45) is 0 Å². The molecule has 0 aliphatic heterocycles. The molecular weight excluding hydrogens is 274 g/mol. The molecule has 0 atom stereocenters. The summed E-state index contributed by atoms with van der Waals surface area (Å²) < 4.78 is 1.44. The van der Waals surface area contributed by atoms with Crippen LogP contribution in [0, 0.1) is 0 Å². The molecule has 2 aromatic heterocycles. The fourth-order valence-corrected chi connectivity index (χ4v) is 3.47. The Kier molecular flexibility index (Phi) is 3.56. The molecule has 0 aromatic carbocycles. The van der Waals surface area contributed by atoms with E-state index in [9.17, 15) is 9.59 Å². The lowest BCUT2D eigenvalue weighted by atomic mass is 9.94. The van der Waals surface area contributed by atoms with Crippen molar-refractivity contribution in [1.82, 2.24) is 14.3 Å². The topological polar surface area (TPSA) is 54.7 Å². The zero-order chi connectivity index (χ0) is 14.1. The van der Waals surface area contributed by atoms with E-state index in [2.05, 4.69) is 4.98 Å². The highest BCUT2D eigenvalue weighted by Gasteiger charge is 2.25. The van der Waals surface area contributed by atoms with Gasteiger partial charge in [-0.25, -0.2) is 4.98 Å². The van der Waals surface area contributed by atoms with Gasteiger partial charge in [-0.1, -0.05) is 19.3 Å². The number of rotatable bonds is 2. The molecule has 0 unspecified atom stereocenters. The average Bonchev–Trinajstić information content (AvgIpc) is 2.96. The molecule has 20 heavy (non-hydrogen) atoms. The minimum Gasteiger partial charge on any atom is -0.339 e. The second-order valence-corrected chi connectivity index (χ2v) is 6.11. The van der Waals surface area contributed by atoms with Crippen LogP contribution in [0.2, 0.25) is 0 Å². The van der Waals surface area contributed by atoms with Gasteiger partial charge in [-0.15, -0.1) is 11.3 Å². The first-order valence-electron chi connectivity index (χ1n) is 6.90. The standard InChI is InChI=1S/C14H17N3O2S/c1-16(10-5-3-2-4-6-10)12(18)11-9-15-14-17(13(11)19)7-8-20-14/h7-10H,2-6H2,1H3. The summed E-state index contributed by atoms with van der Waals surface area (Å²) in [7, 11) is 1.79. The molecule has 6 heteroatoms. The lowest BCUT2D eigenvalue weighted by Crippen LogP contribution is -2.40. The second kappa shape index (κ2) is 5.36. The molecule has 106 valence electrons. The summed E-state index contributed by atoms with van der Waals surface area (Å²) in [6.45, 7) is 0. The Morgan fingerprint density at radius 1 is 1.40 bits per heavy atom. The van der Waals surface area contributed by atoms with Crippen LogP contribution in [0.15, 0.2) is 22.6 Å². The number of carbonyl (C=O) groups excluding carboxylic acids is 1. The van der Waals surface area contributed by atoms with Gasteiger partial charge in [-0.2, -0.15) is 0 Å². The third-order valence-electron chi connectivity index (χ3n) is 4.02. The van der Waals surface area contributed by atoms with Gasteiger partial charge < -0.3 is 4.90 Å². The van der Waals surface area contributed by atoms with E-state index in [1.165, 1.54) is 28.4 Å². The fourth-order valence-electron chi connectivity index (χ4n) is 2.80. The number of amides is 1. The first-order valence-corrected chi connectivity index (χ1v) is 7.78. The minimum atomic E-state index is -0.274. The Bertz CT molecular complexity index is 685. The van der Waals surface area contributed by atoms with Gasteiger partial charge in [0.1, 0.15) is 5.56 Å². The minimum absolute atomic E-state index is 0.161. The van der Waals surface area contributed by atoms with Crippen molar-refractivity contribution in [2.75, 3.05) is 7.05 Å². The fraction of sp³-hybridized carbons (Fsp3) is 0.500. The van der Waals surface area contributed by atoms with E-state index in [-0.39, 0.29) is 23.1 Å². The molecule has 2 heterocycles. The number of aromatic nitrogens is 2. The van der Waals surface area contributed by atoms with E-state index in [0.717, 1.165) is 25.7 Å². The van der Waals surface area contributed by atoms with Crippen molar-refractivity contribution in [3.63, 3.8) is 0 Å². The molecule has 0 bridgehead atoms. The highest BCUT2D eigenvalue weighted by atomic mass is 32.1. The molecule has 0 N–H and O–H groups in total. The quantitative estimate of drug-likeness (QED) is 0.852. The van der Waals surface area contributed by atoms with Gasteiger partial charge in [0.05, 0.1) is 0 Å². The average molecular weight is 291 g/mol. The van der Waals surface area contributed by atoms with Gasteiger partial charge in [0.15, 0.2) is 4.96 Å². The molecule has 1 amide bonds. The normalized spacial score (nSPS) is 16.4. The van der Waals surface area contributed by atoms with Crippen molar-refractivity contribution < 1.29 is 4.79 Å². The van der Waals surface area contributed by atoms with Crippen LogP contribution in [-0.2, 0) is 0 Å². The molecule has 3 rings (SSSR count). The summed E-state index contributed by atoms with van der Waals surface area (Å²) in [5.41, 5.74) is -0.113. The van der Waals surface area contributed by atoms with Crippen molar-refractivity contribution in [3.05, 3.63) is 33.7 Å². The first kappa shape index (κ1) is 13.3. The Morgan fingerprint density at radius 2 is 2.15 bits per heavy atom. The van der Waals surface area contributed by atoms with Crippen molar-refractivity contribution in [2.45, 2.75) is 38.1 Å². The maximum atomic E-state index is 12.5. The van der Waals surface area contributed by atoms with Gasteiger partial charge >= 0.3 is 0 Å². The maximum absolute atomic E-state index is 12.5. The summed E-state index contributed by atoms with van der Waals surface area (Å²) in [5.74, 6) is -0.213. The number of thiazole rings is 1. The predicted molar refractivity (Wildman–Crippen MR) is 78.3 cm³/mol. The Labute approximate surface area is 120 Å². The van der Waals surface area contributed by atoms with Crippen molar-refractivity contribution in [3.8, 4) is 0 Å². The number of nitrogens with zero attached hydrogens (tertiary/aromatic N) is 3. The lowest BCUT2D eigenvalue weighted by molar-refractivity contribution is 0.0694. The molecule has 1 aliphatic carbocycles. The zero-order valence-electron chi connectivity index (χ0n) is 11.4. The molecule has 0 saturated heterocycles. The van der Waals surface area contributed by atoms with Crippen LogP contribution in [-0.4, -0.2) is 33.3 Å². The Morgan fingerprint density at radius 3 is 2.90 bits per heavy atom. The second-order valence-electron chi connectivity index (χ2n) is 5.24. The highest BCUT2D eigenvalue weighted by Crippen LogP contribution is 2.22. The molecular formula is C14H17N3O2S.